The minimum absolute atomic E-state index is 0.0966. The molecule has 0 saturated heterocycles. The maximum Gasteiger partial charge on any atom is 0.263 e. The second kappa shape index (κ2) is 9.07. The van der Waals surface area contributed by atoms with Crippen LogP contribution in [0, 0.1) is 6.92 Å². The van der Waals surface area contributed by atoms with Gasteiger partial charge in [-0.05, 0) is 42.2 Å². The van der Waals surface area contributed by atoms with Crippen molar-refractivity contribution in [3.8, 4) is 0 Å². The molecule has 1 aliphatic heterocycles. The van der Waals surface area contributed by atoms with Gasteiger partial charge in [0.25, 0.3) is 5.56 Å². The van der Waals surface area contributed by atoms with E-state index in [-0.39, 0.29) is 11.5 Å². The summed E-state index contributed by atoms with van der Waals surface area (Å²) in [5.74, 6) is 1.29. The predicted octanol–water partition coefficient (Wildman–Crippen LogP) is 3.92. The van der Waals surface area contributed by atoms with Gasteiger partial charge >= 0.3 is 0 Å². The zero-order valence-corrected chi connectivity index (χ0v) is 20.2. The first-order valence-corrected chi connectivity index (χ1v) is 12.3. The second-order valence-corrected chi connectivity index (χ2v) is 9.48. The van der Waals surface area contributed by atoms with Gasteiger partial charge in [0, 0.05) is 25.9 Å². The summed E-state index contributed by atoms with van der Waals surface area (Å²) < 4.78 is 3.61. The highest BCUT2D eigenvalue weighted by Crippen LogP contribution is 2.21. The first-order valence-electron chi connectivity index (χ1n) is 12.3. The molecule has 2 aromatic heterocycles. The van der Waals surface area contributed by atoms with E-state index in [4.69, 9.17) is 0 Å². The van der Waals surface area contributed by atoms with Gasteiger partial charge in [0.05, 0.1) is 17.4 Å². The Morgan fingerprint density at radius 1 is 0.917 bits per heavy atom. The maximum absolute atomic E-state index is 13.4. The van der Waals surface area contributed by atoms with Crippen molar-refractivity contribution < 1.29 is 4.79 Å². The number of benzene rings is 3. The summed E-state index contributed by atoms with van der Waals surface area (Å²) in [5.41, 5.74) is 5.39. The lowest BCUT2D eigenvalue weighted by molar-refractivity contribution is -0.132. The fraction of sp³-hybridized carbons (Fsp3) is 0.241. The number of aryl methyl sites for hydroxylation is 2. The predicted molar refractivity (Wildman–Crippen MR) is 139 cm³/mol. The fourth-order valence-corrected chi connectivity index (χ4v) is 5.08. The van der Waals surface area contributed by atoms with Crippen LogP contribution in [0.5, 0.6) is 0 Å². The van der Waals surface area contributed by atoms with Crippen molar-refractivity contribution in [2.24, 2.45) is 0 Å². The summed E-state index contributed by atoms with van der Waals surface area (Å²) in [6.45, 7) is 3.82. The van der Waals surface area contributed by atoms with Crippen LogP contribution in [-0.4, -0.2) is 36.5 Å². The number of hydrogen-bond donors (Lipinski definition) is 0. The minimum Gasteiger partial charge on any atom is -0.338 e. The summed E-state index contributed by atoms with van der Waals surface area (Å²) >= 11 is 0. The summed E-state index contributed by atoms with van der Waals surface area (Å²) in [7, 11) is 0. The highest BCUT2D eigenvalue weighted by atomic mass is 16.2. The van der Waals surface area contributed by atoms with E-state index in [0.29, 0.717) is 42.9 Å². The third kappa shape index (κ3) is 3.96. The lowest BCUT2D eigenvalue weighted by Crippen LogP contribution is -2.36. The highest BCUT2D eigenvalue weighted by molar-refractivity contribution is 5.81. The van der Waals surface area contributed by atoms with Crippen molar-refractivity contribution in [1.82, 2.24) is 24.1 Å². The van der Waals surface area contributed by atoms with Crippen LogP contribution < -0.4 is 5.56 Å². The van der Waals surface area contributed by atoms with E-state index >= 15 is 0 Å². The molecule has 6 rings (SSSR count). The molecule has 0 unspecified atom stereocenters. The smallest absolute Gasteiger partial charge is 0.263 e. The van der Waals surface area contributed by atoms with Crippen LogP contribution in [0.25, 0.3) is 16.7 Å². The van der Waals surface area contributed by atoms with Gasteiger partial charge in [-0.1, -0.05) is 66.2 Å². The molecule has 7 nitrogen and oxygen atoms in total. The molecule has 0 spiro atoms. The van der Waals surface area contributed by atoms with Gasteiger partial charge in [-0.2, -0.15) is 0 Å². The first kappa shape index (κ1) is 22.2. The number of fused-ring (bicyclic) bond motifs is 4. The lowest BCUT2D eigenvalue weighted by Gasteiger charge is -2.28. The van der Waals surface area contributed by atoms with Crippen LogP contribution in [0.3, 0.4) is 0 Å². The Balaban J connectivity index is 1.32. The molecule has 7 heteroatoms. The van der Waals surface area contributed by atoms with Crippen LogP contribution in [0.15, 0.2) is 77.6 Å². The molecule has 0 bridgehead atoms. The molecule has 36 heavy (non-hydrogen) atoms. The molecule has 0 N–H and O–H groups in total. The normalized spacial score (nSPS) is 13.3. The summed E-state index contributed by atoms with van der Waals surface area (Å²) in [6.07, 6.45) is 1.67. The van der Waals surface area contributed by atoms with E-state index in [1.54, 1.807) is 4.57 Å². The zero-order valence-electron chi connectivity index (χ0n) is 20.2. The summed E-state index contributed by atoms with van der Waals surface area (Å²) in [6, 6.07) is 24.0. The van der Waals surface area contributed by atoms with E-state index in [2.05, 4.69) is 28.4 Å². The number of carbonyl (C=O) groups excluding carboxylic acids is 1. The topological polar surface area (TPSA) is 72.5 Å². The van der Waals surface area contributed by atoms with E-state index in [9.17, 15) is 9.59 Å². The van der Waals surface area contributed by atoms with Gasteiger partial charge in [0.1, 0.15) is 5.82 Å². The molecule has 0 radical (unpaired) electrons. The van der Waals surface area contributed by atoms with Crippen LogP contribution in [0.4, 0.5) is 0 Å². The Hall–Kier alpha value is -4.26. The molecule has 180 valence electrons. The number of para-hydroxylation sites is 1. The van der Waals surface area contributed by atoms with Crippen LogP contribution in [-0.2, 0) is 30.7 Å². The quantitative estimate of drug-likeness (QED) is 0.385. The van der Waals surface area contributed by atoms with E-state index in [1.807, 2.05) is 70.8 Å². The molecule has 3 aromatic carbocycles. The van der Waals surface area contributed by atoms with Crippen molar-refractivity contribution in [1.29, 1.82) is 0 Å². The third-order valence-corrected chi connectivity index (χ3v) is 7.08. The Labute approximate surface area is 208 Å². The Bertz CT molecular complexity index is 1650. The second-order valence-electron chi connectivity index (χ2n) is 9.48. The molecule has 1 amide bonds. The molecule has 3 heterocycles. The van der Waals surface area contributed by atoms with E-state index < -0.39 is 0 Å². The summed E-state index contributed by atoms with van der Waals surface area (Å²) in [5, 5.41) is 9.46. The molecule has 0 fully saturated rings. The number of nitrogens with zero attached hydrogens (tertiary/aromatic N) is 5. The average Bonchev–Trinajstić information content (AvgIpc) is 3.34. The highest BCUT2D eigenvalue weighted by Gasteiger charge is 2.22. The van der Waals surface area contributed by atoms with Gasteiger partial charge in [-0.3, -0.25) is 18.6 Å². The van der Waals surface area contributed by atoms with Crippen molar-refractivity contribution >= 4 is 22.6 Å². The number of aromatic nitrogens is 4. The number of amides is 1. The zero-order chi connectivity index (χ0) is 24.6. The number of hydrogen-bond acceptors (Lipinski definition) is 4. The monoisotopic (exact) mass is 477 g/mol. The van der Waals surface area contributed by atoms with Crippen LogP contribution in [0.2, 0.25) is 0 Å². The standard InChI is InChI=1S/C29H27N5O2/c1-20-10-12-21(13-11-20)18-33-28(36)24-8-4-5-9-25(24)34-26(30-31-29(33)34)14-15-27(35)32-17-16-22-6-2-3-7-23(22)19-32/h2-13H,14-19H2,1H3. The molecular weight excluding hydrogens is 450 g/mol. The molecule has 0 saturated carbocycles. The first-order chi connectivity index (χ1) is 17.6. The van der Waals surface area contributed by atoms with E-state index in [0.717, 1.165) is 24.0 Å². The van der Waals surface area contributed by atoms with E-state index in [1.165, 1.54) is 16.7 Å². The molecule has 5 aromatic rings. The summed E-state index contributed by atoms with van der Waals surface area (Å²) in [4.78, 5) is 28.5. The largest absolute Gasteiger partial charge is 0.338 e. The van der Waals surface area contributed by atoms with Crippen molar-refractivity contribution in [2.45, 2.75) is 39.3 Å². The van der Waals surface area contributed by atoms with Gasteiger partial charge < -0.3 is 4.90 Å². The third-order valence-electron chi connectivity index (χ3n) is 7.08. The lowest BCUT2D eigenvalue weighted by atomic mass is 9.99. The average molecular weight is 478 g/mol. The van der Waals surface area contributed by atoms with Crippen molar-refractivity contribution in [3.05, 3.63) is 111 Å². The SMILES string of the molecule is Cc1ccc(Cn2c(=O)c3ccccc3n3c(CCC(=O)N4CCc5ccccc5C4)nnc23)cc1. The van der Waals surface area contributed by atoms with Crippen LogP contribution in [0.1, 0.15) is 34.5 Å². The fourth-order valence-electron chi connectivity index (χ4n) is 5.08. The Kier molecular flexibility index (Phi) is 5.60. The maximum atomic E-state index is 13.4. The van der Waals surface area contributed by atoms with Gasteiger partial charge in [-0.25, -0.2) is 0 Å². The van der Waals surface area contributed by atoms with Crippen molar-refractivity contribution in [2.75, 3.05) is 6.54 Å². The Morgan fingerprint density at radius 2 is 1.67 bits per heavy atom. The van der Waals surface area contributed by atoms with Gasteiger partial charge in [-0.15, -0.1) is 10.2 Å². The minimum atomic E-state index is -0.0966. The molecular formula is C29H27N5O2. The number of carbonyl (C=O) groups is 1. The molecule has 0 aliphatic carbocycles. The number of rotatable bonds is 5. The van der Waals surface area contributed by atoms with Crippen molar-refractivity contribution in [3.63, 3.8) is 0 Å². The molecule has 1 aliphatic rings. The van der Waals surface area contributed by atoms with Gasteiger partial charge in [0.15, 0.2) is 0 Å². The Morgan fingerprint density at radius 3 is 2.50 bits per heavy atom. The molecule has 0 atom stereocenters. The van der Waals surface area contributed by atoms with Crippen LogP contribution >= 0.6 is 0 Å². The van der Waals surface area contributed by atoms with Gasteiger partial charge in [0.2, 0.25) is 11.7 Å².